The van der Waals surface area contributed by atoms with E-state index >= 15 is 0 Å². The summed E-state index contributed by atoms with van der Waals surface area (Å²) < 4.78 is 19.6. The molecule has 0 radical (unpaired) electrons. The number of piperazine rings is 1. The van der Waals surface area contributed by atoms with Gasteiger partial charge >= 0.3 is 0 Å². The summed E-state index contributed by atoms with van der Waals surface area (Å²) in [6.07, 6.45) is 1.59. The van der Waals surface area contributed by atoms with Gasteiger partial charge in [-0.3, -0.25) is 4.79 Å². The van der Waals surface area contributed by atoms with Crippen LogP contribution in [0.15, 0.2) is 24.3 Å². The summed E-state index contributed by atoms with van der Waals surface area (Å²) in [7, 11) is 2.09. The fraction of sp³-hybridized carbons (Fsp3) is 0.632. The molecule has 6 heteroatoms. The van der Waals surface area contributed by atoms with Gasteiger partial charge in [0.25, 0.3) is 5.91 Å². The molecule has 1 aromatic carbocycles. The molecule has 3 aliphatic rings. The largest absolute Gasteiger partial charge is 0.369 e. The molecule has 1 amide bonds. The Hall–Kier alpha value is -1.66. The highest BCUT2D eigenvalue weighted by molar-refractivity contribution is 5.81. The van der Waals surface area contributed by atoms with Crippen molar-refractivity contribution in [3.05, 3.63) is 30.1 Å². The Morgan fingerprint density at radius 1 is 1.20 bits per heavy atom. The van der Waals surface area contributed by atoms with Crippen molar-refractivity contribution in [2.45, 2.75) is 25.0 Å². The number of hydrogen-bond acceptors (Lipinski definition) is 4. The first kappa shape index (κ1) is 16.8. The van der Waals surface area contributed by atoms with E-state index in [1.54, 1.807) is 12.1 Å². The van der Waals surface area contributed by atoms with Crippen molar-refractivity contribution >= 4 is 11.6 Å². The second-order valence-electron chi connectivity index (χ2n) is 7.50. The quantitative estimate of drug-likeness (QED) is 0.814. The molecule has 25 heavy (non-hydrogen) atoms. The van der Waals surface area contributed by atoms with E-state index in [9.17, 15) is 9.18 Å². The third-order valence-corrected chi connectivity index (χ3v) is 5.82. The van der Waals surface area contributed by atoms with Gasteiger partial charge in [-0.1, -0.05) is 6.07 Å². The van der Waals surface area contributed by atoms with Gasteiger partial charge < -0.3 is 19.4 Å². The number of anilines is 1. The maximum atomic E-state index is 13.5. The highest BCUT2D eigenvalue weighted by Crippen LogP contribution is 2.35. The van der Waals surface area contributed by atoms with E-state index in [-0.39, 0.29) is 23.9 Å². The van der Waals surface area contributed by atoms with Gasteiger partial charge in [0.05, 0.1) is 6.10 Å². The molecule has 4 rings (SSSR count). The molecule has 5 nitrogen and oxygen atoms in total. The minimum Gasteiger partial charge on any atom is -0.369 e. The lowest BCUT2D eigenvalue weighted by molar-refractivity contribution is -0.144. The number of hydrogen-bond donors (Lipinski definition) is 0. The fourth-order valence-corrected chi connectivity index (χ4v) is 4.23. The van der Waals surface area contributed by atoms with E-state index in [1.165, 1.54) is 6.07 Å². The zero-order valence-electron chi connectivity index (χ0n) is 14.7. The molecule has 0 N–H and O–H groups in total. The van der Waals surface area contributed by atoms with Gasteiger partial charge in [-0.15, -0.1) is 0 Å². The van der Waals surface area contributed by atoms with Crippen LogP contribution in [0.25, 0.3) is 0 Å². The first-order valence-corrected chi connectivity index (χ1v) is 9.23. The predicted octanol–water partition coefficient (Wildman–Crippen LogP) is 1.58. The summed E-state index contributed by atoms with van der Waals surface area (Å²) in [6.45, 7) is 5.07. The number of rotatable bonds is 2. The number of ether oxygens (including phenoxy) is 1. The SMILES string of the molecule is CN1CCN(C(=O)[C@@H]2C[C@@H]3CCN(c4cccc(F)c4)C[C@H]3O2)CC1. The average Bonchev–Trinajstić information content (AvgIpc) is 3.05. The molecule has 136 valence electrons. The molecular weight excluding hydrogens is 321 g/mol. The Balaban J connectivity index is 1.37. The van der Waals surface area contributed by atoms with Crippen LogP contribution in [0.2, 0.25) is 0 Å². The first-order valence-electron chi connectivity index (χ1n) is 9.23. The molecule has 0 aliphatic carbocycles. The number of fused-ring (bicyclic) bond motifs is 1. The van der Waals surface area contributed by atoms with Crippen molar-refractivity contribution in [1.82, 2.24) is 9.80 Å². The molecule has 0 saturated carbocycles. The molecule has 0 unspecified atom stereocenters. The molecular formula is C19H26FN3O2. The zero-order chi connectivity index (χ0) is 17.4. The molecule has 0 spiro atoms. The highest BCUT2D eigenvalue weighted by Gasteiger charge is 2.43. The standard InChI is InChI=1S/C19H26FN3O2/c1-21-7-9-22(10-8-21)19(24)17-11-14-5-6-23(13-18(14)25-17)16-4-2-3-15(20)12-16/h2-4,12,14,17-18H,5-11,13H2,1H3/t14-,17-,18+/m0/s1. The van der Waals surface area contributed by atoms with Gasteiger partial charge in [-0.05, 0) is 44.0 Å². The van der Waals surface area contributed by atoms with Crippen LogP contribution in [0.5, 0.6) is 0 Å². The lowest BCUT2D eigenvalue weighted by atomic mass is 9.91. The van der Waals surface area contributed by atoms with Gasteiger partial charge in [-0.2, -0.15) is 0 Å². The zero-order valence-corrected chi connectivity index (χ0v) is 14.7. The highest BCUT2D eigenvalue weighted by atomic mass is 19.1. The minimum atomic E-state index is -0.300. The monoisotopic (exact) mass is 347 g/mol. The van der Waals surface area contributed by atoms with Crippen LogP contribution in [0.3, 0.4) is 0 Å². The van der Waals surface area contributed by atoms with Gasteiger partial charge in [0.2, 0.25) is 0 Å². The van der Waals surface area contributed by atoms with Crippen LogP contribution < -0.4 is 4.90 Å². The van der Waals surface area contributed by atoms with E-state index in [1.807, 2.05) is 11.0 Å². The molecule has 1 aromatic rings. The molecule has 3 atom stereocenters. The van der Waals surface area contributed by atoms with Gasteiger partial charge in [-0.25, -0.2) is 4.39 Å². The fourth-order valence-electron chi connectivity index (χ4n) is 4.23. The van der Waals surface area contributed by atoms with Crippen LogP contribution in [-0.2, 0) is 9.53 Å². The summed E-state index contributed by atoms with van der Waals surface area (Å²) in [5.41, 5.74) is 0.899. The topological polar surface area (TPSA) is 36.0 Å². The van der Waals surface area contributed by atoms with Crippen molar-refractivity contribution in [2.75, 3.05) is 51.2 Å². The third-order valence-electron chi connectivity index (χ3n) is 5.82. The average molecular weight is 347 g/mol. The van der Waals surface area contributed by atoms with Crippen LogP contribution in [-0.4, -0.2) is 74.2 Å². The Morgan fingerprint density at radius 2 is 2.00 bits per heavy atom. The smallest absolute Gasteiger partial charge is 0.251 e. The van der Waals surface area contributed by atoms with Crippen LogP contribution in [0.4, 0.5) is 10.1 Å². The van der Waals surface area contributed by atoms with Crippen molar-refractivity contribution in [1.29, 1.82) is 0 Å². The predicted molar refractivity (Wildman–Crippen MR) is 94.1 cm³/mol. The maximum absolute atomic E-state index is 13.5. The van der Waals surface area contributed by atoms with Crippen molar-refractivity contribution < 1.29 is 13.9 Å². The van der Waals surface area contributed by atoms with Gasteiger partial charge in [0, 0.05) is 45.0 Å². The molecule has 3 aliphatic heterocycles. The van der Waals surface area contributed by atoms with Crippen molar-refractivity contribution in [3.8, 4) is 0 Å². The number of nitrogens with zero attached hydrogens (tertiary/aromatic N) is 3. The first-order chi connectivity index (χ1) is 12.1. The summed E-state index contributed by atoms with van der Waals surface area (Å²) in [6, 6.07) is 6.71. The number of carbonyl (C=O) groups excluding carboxylic acids is 1. The normalized spacial score (nSPS) is 30.4. The second kappa shape index (κ2) is 6.92. The molecule has 3 heterocycles. The van der Waals surface area contributed by atoms with E-state index in [0.29, 0.717) is 5.92 Å². The Kier molecular flexibility index (Phi) is 4.65. The Morgan fingerprint density at radius 3 is 2.76 bits per heavy atom. The molecule has 3 fully saturated rings. The number of benzene rings is 1. The van der Waals surface area contributed by atoms with E-state index < -0.39 is 0 Å². The van der Waals surface area contributed by atoms with Gasteiger partial charge in [0.15, 0.2) is 0 Å². The number of halogens is 1. The second-order valence-corrected chi connectivity index (χ2v) is 7.50. The lowest BCUT2D eigenvalue weighted by Crippen LogP contribution is -2.50. The third kappa shape index (κ3) is 3.51. The van der Waals surface area contributed by atoms with E-state index in [2.05, 4.69) is 16.8 Å². The summed E-state index contributed by atoms with van der Waals surface area (Å²) in [4.78, 5) is 19.1. The molecule has 0 aromatic heterocycles. The number of carbonyl (C=O) groups is 1. The number of amides is 1. The summed E-state index contributed by atoms with van der Waals surface area (Å²) >= 11 is 0. The molecule has 3 saturated heterocycles. The van der Waals surface area contributed by atoms with Crippen LogP contribution >= 0.6 is 0 Å². The Labute approximate surface area is 148 Å². The number of piperidine rings is 1. The number of likely N-dealkylation sites (N-methyl/N-ethyl adjacent to an activating group) is 1. The van der Waals surface area contributed by atoms with Crippen LogP contribution in [0.1, 0.15) is 12.8 Å². The molecule has 0 bridgehead atoms. The summed E-state index contributed by atoms with van der Waals surface area (Å²) in [5.74, 6) is 0.376. The lowest BCUT2D eigenvalue weighted by Gasteiger charge is -2.35. The van der Waals surface area contributed by atoms with Crippen LogP contribution in [0, 0.1) is 11.7 Å². The minimum absolute atomic E-state index is 0.0680. The summed E-state index contributed by atoms with van der Waals surface area (Å²) in [5, 5.41) is 0. The van der Waals surface area contributed by atoms with Crippen molar-refractivity contribution in [2.24, 2.45) is 5.92 Å². The van der Waals surface area contributed by atoms with E-state index in [4.69, 9.17) is 4.74 Å². The van der Waals surface area contributed by atoms with E-state index in [0.717, 1.165) is 57.8 Å². The van der Waals surface area contributed by atoms with Crippen molar-refractivity contribution in [3.63, 3.8) is 0 Å². The Bertz CT molecular complexity index is 633. The van der Waals surface area contributed by atoms with Gasteiger partial charge in [0.1, 0.15) is 11.9 Å². The maximum Gasteiger partial charge on any atom is 0.251 e.